The number of hydrogen-bond acceptors (Lipinski definition) is 1. The molecule has 1 aromatic rings. The van der Waals surface area contributed by atoms with Crippen LogP contribution in [0.5, 0.6) is 0 Å². The largest absolute Gasteiger partial charge is 0.478 e. The van der Waals surface area contributed by atoms with Crippen molar-refractivity contribution in [1.82, 2.24) is 0 Å². The van der Waals surface area contributed by atoms with Crippen molar-refractivity contribution in [2.45, 2.75) is 12.8 Å². The number of aromatic carboxylic acids is 1. The van der Waals surface area contributed by atoms with Gasteiger partial charge in [-0.2, -0.15) is 0 Å². The summed E-state index contributed by atoms with van der Waals surface area (Å²) in [6.45, 7) is 5.68. The molecule has 1 radical (unpaired) electrons. The number of carbonyl (C=O) groups is 1. The third kappa shape index (κ3) is 2.46. The zero-order valence-electron chi connectivity index (χ0n) is 7.25. The van der Waals surface area contributed by atoms with E-state index in [1.54, 1.807) is 12.1 Å². The van der Waals surface area contributed by atoms with Gasteiger partial charge in [0.05, 0.1) is 5.56 Å². The third-order valence-electron chi connectivity index (χ3n) is 1.74. The highest BCUT2D eigenvalue weighted by molar-refractivity contribution is 6.31. The van der Waals surface area contributed by atoms with Gasteiger partial charge in [0.25, 0.3) is 0 Å². The molecule has 0 saturated heterocycles. The lowest BCUT2D eigenvalue weighted by Gasteiger charge is -2.06. The van der Waals surface area contributed by atoms with Crippen LogP contribution >= 0.6 is 11.6 Å². The van der Waals surface area contributed by atoms with Gasteiger partial charge in [0, 0.05) is 5.02 Å². The van der Waals surface area contributed by atoms with Crippen molar-refractivity contribution >= 4 is 17.6 Å². The molecule has 1 unspecified atom stereocenters. The van der Waals surface area contributed by atoms with Crippen LogP contribution in [0.1, 0.15) is 28.8 Å². The van der Waals surface area contributed by atoms with Crippen LogP contribution in [-0.2, 0) is 0 Å². The molecule has 69 valence electrons. The van der Waals surface area contributed by atoms with E-state index in [-0.39, 0.29) is 11.5 Å². The van der Waals surface area contributed by atoms with E-state index >= 15 is 0 Å². The maximum absolute atomic E-state index is 10.6. The van der Waals surface area contributed by atoms with E-state index in [1.807, 2.05) is 6.92 Å². The van der Waals surface area contributed by atoms with Gasteiger partial charge in [-0.1, -0.05) is 18.5 Å². The van der Waals surface area contributed by atoms with Crippen molar-refractivity contribution in [3.63, 3.8) is 0 Å². The maximum Gasteiger partial charge on any atom is 0.335 e. The highest BCUT2D eigenvalue weighted by atomic mass is 35.5. The van der Waals surface area contributed by atoms with E-state index in [1.165, 1.54) is 6.07 Å². The van der Waals surface area contributed by atoms with Crippen molar-refractivity contribution in [2.24, 2.45) is 0 Å². The molecule has 1 atom stereocenters. The molecule has 0 aliphatic carbocycles. The fraction of sp³-hybridized carbons (Fsp3) is 0.200. The van der Waals surface area contributed by atoms with Gasteiger partial charge in [0.15, 0.2) is 0 Å². The Kier molecular flexibility index (Phi) is 2.94. The molecule has 0 fully saturated rings. The zero-order valence-corrected chi connectivity index (χ0v) is 8.01. The van der Waals surface area contributed by atoms with Gasteiger partial charge >= 0.3 is 5.97 Å². The predicted molar refractivity (Wildman–Crippen MR) is 52.2 cm³/mol. The second-order valence-electron chi connectivity index (χ2n) is 2.98. The topological polar surface area (TPSA) is 37.3 Å². The van der Waals surface area contributed by atoms with Crippen molar-refractivity contribution < 1.29 is 9.90 Å². The Morgan fingerprint density at radius 2 is 2.15 bits per heavy atom. The number of carboxylic acid groups (broad SMARTS) is 1. The smallest absolute Gasteiger partial charge is 0.335 e. The van der Waals surface area contributed by atoms with E-state index < -0.39 is 5.97 Å². The van der Waals surface area contributed by atoms with Gasteiger partial charge in [0.1, 0.15) is 0 Å². The van der Waals surface area contributed by atoms with Crippen LogP contribution < -0.4 is 0 Å². The first-order chi connectivity index (χ1) is 6.00. The molecule has 0 bridgehead atoms. The van der Waals surface area contributed by atoms with Crippen LogP contribution in [-0.4, -0.2) is 11.1 Å². The summed E-state index contributed by atoms with van der Waals surface area (Å²) in [6, 6.07) is 4.74. The van der Waals surface area contributed by atoms with E-state index in [2.05, 4.69) is 6.92 Å². The standard InChI is InChI=1S/C10H10ClO2/c1-6(2)7-3-8(10(12)13)5-9(11)4-7/h3-6H,1H2,2H3,(H,12,13). The second-order valence-corrected chi connectivity index (χ2v) is 3.42. The molecule has 2 nitrogen and oxygen atoms in total. The third-order valence-corrected chi connectivity index (χ3v) is 1.95. The molecule has 1 aromatic carbocycles. The highest BCUT2D eigenvalue weighted by Crippen LogP contribution is 2.21. The Balaban J connectivity index is 3.19. The molecule has 13 heavy (non-hydrogen) atoms. The first kappa shape index (κ1) is 10.1. The van der Waals surface area contributed by atoms with E-state index in [0.717, 1.165) is 5.56 Å². The summed E-state index contributed by atoms with van der Waals surface area (Å²) in [4.78, 5) is 10.6. The molecule has 0 aliphatic heterocycles. The minimum absolute atomic E-state index is 0.0387. The second kappa shape index (κ2) is 3.79. The molecule has 0 aliphatic rings. The monoisotopic (exact) mass is 197 g/mol. The summed E-state index contributed by atoms with van der Waals surface area (Å²) in [7, 11) is 0. The molecule has 0 amide bonds. The van der Waals surface area contributed by atoms with Gasteiger partial charge in [-0.15, -0.1) is 0 Å². The summed E-state index contributed by atoms with van der Waals surface area (Å²) in [5, 5.41) is 9.17. The molecule has 3 heteroatoms. The molecular weight excluding hydrogens is 188 g/mol. The van der Waals surface area contributed by atoms with Gasteiger partial charge in [-0.25, -0.2) is 4.79 Å². The van der Waals surface area contributed by atoms with E-state index in [9.17, 15) is 4.79 Å². The normalized spacial score (nSPS) is 10.5. The Bertz CT molecular complexity index is 332. The fourth-order valence-electron chi connectivity index (χ4n) is 1.02. The van der Waals surface area contributed by atoms with Crippen molar-refractivity contribution in [3.05, 3.63) is 41.3 Å². The van der Waals surface area contributed by atoms with Crippen LogP contribution in [0, 0.1) is 6.92 Å². The number of rotatable bonds is 2. The maximum atomic E-state index is 10.6. The van der Waals surface area contributed by atoms with Crippen molar-refractivity contribution in [1.29, 1.82) is 0 Å². The summed E-state index contributed by atoms with van der Waals surface area (Å²) < 4.78 is 0. The molecular formula is C10H10ClO2. The Morgan fingerprint density at radius 1 is 1.54 bits per heavy atom. The van der Waals surface area contributed by atoms with E-state index in [4.69, 9.17) is 16.7 Å². The summed E-state index contributed by atoms with van der Waals surface area (Å²) in [5.74, 6) is -0.929. The Morgan fingerprint density at radius 3 is 2.62 bits per heavy atom. The van der Waals surface area contributed by atoms with Crippen molar-refractivity contribution in [3.8, 4) is 0 Å². The van der Waals surface area contributed by atoms with Crippen molar-refractivity contribution in [2.75, 3.05) is 0 Å². The van der Waals surface area contributed by atoms with Crippen LogP contribution in [0.15, 0.2) is 18.2 Å². The number of benzene rings is 1. The van der Waals surface area contributed by atoms with E-state index in [0.29, 0.717) is 5.02 Å². The molecule has 1 N–H and O–H groups in total. The van der Waals surface area contributed by atoms with Crippen LogP contribution in [0.25, 0.3) is 0 Å². The SMILES string of the molecule is [CH2]C(C)c1cc(Cl)cc(C(=O)O)c1. The summed E-state index contributed by atoms with van der Waals surface area (Å²) in [6.07, 6.45) is 0. The zero-order chi connectivity index (χ0) is 10.0. The molecule has 0 spiro atoms. The van der Waals surface area contributed by atoms with Crippen LogP contribution in [0.4, 0.5) is 0 Å². The minimum Gasteiger partial charge on any atom is -0.478 e. The Hall–Kier alpha value is -1.02. The average molecular weight is 198 g/mol. The molecule has 0 saturated carbocycles. The lowest BCUT2D eigenvalue weighted by atomic mass is 10.0. The van der Waals surface area contributed by atoms with Gasteiger partial charge in [0.2, 0.25) is 0 Å². The Labute approximate surface area is 82.2 Å². The number of halogens is 1. The van der Waals surface area contributed by atoms with Gasteiger partial charge in [-0.3, -0.25) is 0 Å². The lowest BCUT2D eigenvalue weighted by molar-refractivity contribution is 0.0697. The predicted octanol–water partition coefficient (Wildman–Crippen LogP) is 2.98. The molecule has 1 rings (SSSR count). The fourth-order valence-corrected chi connectivity index (χ4v) is 1.26. The summed E-state index contributed by atoms with van der Waals surface area (Å²) >= 11 is 5.75. The first-order valence-electron chi connectivity index (χ1n) is 3.87. The van der Waals surface area contributed by atoms with Gasteiger partial charge < -0.3 is 5.11 Å². The number of carboxylic acids is 1. The first-order valence-corrected chi connectivity index (χ1v) is 4.25. The van der Waals surface area contributed by atoms with Crippen LogP contribution in [0.2, 0.25) is 5.02 Å². The highest BCUT2D eigenvalue weighted by Gasteiger charge is 2.07. The quantitative estimate of drug-likeness (QED) is 0.792. The average Bonchev–Trinajstić information content (AvgIpc) is 2.03. The molecule has 0 aromatic heterocycles. The van der Waals surface area contributed by atoms with Crippen LogP contribution in [0.3, 0.4) is 0 Å². The van der Waals surface area contributed by atoms with Gasteiger partial charge in [-0.05, 0) is 36.6 Å². The lowest BCUT2D eigenvalue weighted by Crippen LogP contribution is -1.98. The molecule has 0 heterocycles. The number of hydrogen-bond donors (Lipinski definition) is 1. The minimum atomic E-state index is -0.968. The summed E-state index contributed by atoms with van der Waals surface area (Å²) in [5.41, 5.74) is 1.04.